The molecule has 1 saturated heterocycles. The topological polar surface area (TPSA) is 232 Å². The van der Waals surface area contributed by atoms with Crippen molar-refractivity contribution in [2.24, 2.45) is 12.2 Å². The number of hydrogen-bond donors (Lipinski definition) is 5. The molecule has 4 heterocycles. The fraction of sp³-hybridized carbons (Fsp3) is 0.478. The zero-order valence-electron chi connectivity index (χ0n) is 22.7. The molecule has 220 valence electrons. The van der Waals surface area contributed by atoms with Gasteiger partial charge in [0.15, 0.2) is 17.5 Å². The third-order valence-electron chi connectivity index (χ3n) is 6.53. The van der Waals surface area contributed by atoms with Crippen molar-refractivity contribution in [3.05, 3.63) is 28.9 Å². The normalized spacial score (nSPS) is 19.1. The molecule has 0 aromatic carbocycles. The molecule has 2 aromatic heterocycles. The molecule has 0 aliphatic carbocycles. The van der Waals surface area contributed by atoms with Crippen molar-refractivity contribution in [2.45, 2.75) is 57.2 Å². The Hall–Kier alpha value is -4.19. The summed E-state index contributed by atoms with van der Waals surface area (Å²) < 4.78 is 7.48. The Morgan fingerprint density at radius 1 is 1.32 bits per heavy atom. The van der Waals surface area contributed by atoms with E-state index < -0.39 is 46.5 Å². The van der Waals surface area contributed by atoms with Gasteiger partial charge in [0.25, 0.3) is 11.8 Å². The highest BCUT2D eigenvalue weighted by atomic mass is 32.2. The zero-order chi connectivity index (χ0) is 30.2. The molecule has 0 spiro atoms. The number of amides is 2. The molecule has 2 atom stereocenters. The van der Waals surface area contributed by atoms with Gasteiger partial charge < -0.3 is 31.8 Å². The number of carboxylic acid groups (broad SMARTS) is 2. The van der Waals surface area contributed by atoms with Crippen molar-refractivity contribution >= 4 is 63.7 Å². The van der Waals surface area contributed by atoms with Crippen LogP contribution in [0.3, 0.4) is 0 Å². The van der Waals surface area contributed by atoms with Crippen molar-refractivity contribution in [3.63, 3.8) is 0 Å². The number of hydrogen-bond acceptors (Lipinski definition) is 12. The summed E-state index contributed by atoms with van der Waals surface area (Å²) in [5, 5.41) is 24.9. The monoisotopic (exact) mass is 608 g/mol. The Morgan fingerprint density at radius 3 is 2.61 bits per heavy atom. The fourth-order valence-electron chi connectivity index (χ4n) is 4.22. The Bertz CT molecular complexity index is 1480. The van der Waals surface area contributed by atoms with Gasteiger partial charge in [0, 0.05) is 22.9 Å². The van der Waals surface area contributed by atoms with E-state index in [-0.39, 0.29) is 29.0 Å². The molecule has 2 aliphatic rings. The van der Waals surface area contributed by atoms with E-state index in [1.165, 1.54) is 25.6 Å². The van der Waals surface area contributed by atoms with E-state index in [9.17, 15) is 29.4 Å². The van der Waals surface area contributed by atoms with E-state index in [2.05, 4.69) is 19.8 Å². The molecule has 18 heteroatoms. The maximum atomic E-state index is 13.2. The predicted octanol–water partition coefficient (Wildman–Crippen LogP) is -0.696. The standard InChI is InChI=1S/C23H29N9O7S2/c1-5-6-10-7-31(30(4)15(10)24)8-11-9-40-19-13(18(34)32(19)14(11)20(35)36)26-17(33)12(16-27-22(25)41-29-16)28-39-23(2,3)21(37)38/h7,13,19,24H,5-6,8-9H2,1-4H3,(H5,25,26,27,29,33,35,36,37,38)/p+1/b28-12-/t13-,19-/m1/s1. The quantitative estimate of drug-likeness (QED) is 0.0923. The van der Waals surface area contributed by atoms with Crippen LogP contribution in [-0.4, -0.2) is 81.4 Å². The molecule has 2 aromatic rings. The first-order valence-corrected chi connectivity index (χ1v) is 14.2. The molecule has 0 radical (unpaired) electrons. The van der Waals surface area contributed by atoms with Crippen LogP contribution in [-0.2, 0) is 44.0 Å². The number of aromatic nitrogens is 4. The first-order chi connectivity index (χ1) is 19.3. The molecule has 7 N–H and O–H groups in total. The molecule has 2 aliphatic heterocycles. The van der Waals surface area contributed by atoms with Crippen LogP contribution in [0.4, 0.5) is 10.9 Å². The number of carboxylic acids is 2. The first-order valence-electron chi connectivity index (χ1n) is 12.4. The average Bonchev–Trinajstić information content (AvgIpc) is 3.45. The Morgan fingerprint density at radius 2 is 2.02 bits per heavy atom. The maximum Gasteiger partial charge on any atom is 0.352 e. The molecule has 2 amide bonds. The molecule has 41 heavy (non-hydrogen) atoms. The van der Waals surface area contributed by atoms with Gasteiger partial charge in [0.2, 0.25) is 23.3 Å². The van der Waals surface area contributed by atoms with Gasteiger partial charge in [0.05, 0.1) is 12.6 Å². The lowest BCUT2D eigenvalue weighted by atomic mass is 10.0. The van der Waals surface area contributed by atoms with Crippen molar-refractivity contribution in [2.75, 3.05) is 17.2 Å². The number of nitrogen functional groups attached to an aromatic ring is 2. The van der Waals surface area contributed by atoms with Crippen LogP contribution < -0.4 is 21.5 Å². The number of nitrogens with one attached hydrogen (secondary N) is 1. The summed E-state index contributed by atoms with van der Waals surface area (Å²) >= 11 is 2.07. The molecule has 0 unspecified atom stereocenters. The summed E-state index contributed by atoms with van der Waals surface area (Å²) in [7, 11) is 1.78. The van der Waals surface area contributed by atoms with Gasteiger partial charge in [-0.1, -0.05) is 18.5 Å². The minimum Gasteiger partial charge on any atom is -0.478 e. The molecular weight excluding hydrogens is 578 g/mol. The number of fused-ring (bicyclic) bond motifs is 1. The minimum absolute atomic E-state index is 0.0233. The molecule has 16 nitrogen and oxygen atoms in total. The van der Waals surface area contributed by atoms with Gasteiger partial charge in [-0.15, -0.1) is 21.1 Å². The second kappa shape index (κ2) is 11.4. The van der Waals surface area contributed by atoms with E-state index >= 15 is 0 Å². The van der Waals surface area contributed by atoms with Gasteiger partial charge in [-0.3, -0.25) is 14.5 Å². The average molecular weight is 609 g/mol. The van der Waals surface area contributed by atoms with E-state index in [4.69, 9.17) is 16.3 Å². The van der Waals surface area contributed by atoms with Crippen LogP contribution >= 0.6 is 23.3 Å². The van der Waals surface area contributed by atoms with Gasteiger partial charge in [0.1, 0.15) is 17.1 Å². The highest BCUT2D eigenvalue weighted by Crippen LogP contribution is 2.40. The fourth-order valence-corrected chi connectivity index (χ4v) is 5.99. The third-order valence-corrected chi connectivity index (χ3v) is 8.41. The van der Waals surface area contributed by atoms with Gasteiger partial charge in [-0.2, -0.15) is 9.36 Å². The molecule has 0 bridgehead atoms. The number of oxime groups is 1. The summed E-state index contributed by atoms with van der Waals surface area (Å²) in [6.07, 6.45) is 3.54. The zero-order valence-corrected chi connectivity index (χ0v) is 24.3. The number of thioether (sulfide) groups is 1. The SMILES string of the molecule is CCCc1c[n+](CC2=C(C(=O)O)N3C(=O)[C@@H](NC(=O)/C(=N\OC(C)(C)C(=O)O)c4nsc(N)n4)[C@H]3SC2)n(C)c1N. The highest BCUT2D eigenvalue weighted by molar-refractivity contribution is 8.00. The smallest absolute Gasteiger partial charge is 0.352 e. The molecule has 1 fully saturated rings. The lowest BCUT2D eigenvalue weighted by Crippen LogP contribution is -2.71. The second-order valence-electron chi connectivity index (χ2n) is 9.83. The number of nitrogens with zero attached hydrogens (tertiary/aromatic N) is 6. The number of aryl methyl sites for hydroxylation is 1. The van der Waals surface area contributed by atoms with Crippen molar-refractivity contribution in [3.8, 4) is 0 Å². The van der Waals surface area contributed by atoms with E-state index in [1.807, 2.05) is 13.1 Å². The number of nitrogens with two attached hydrogens (primary N) is 2. The van der Waals surface area contributed by atoms with Crippen LogP contribution in [0.2, 0.25) is 0 Å². The number of rotatable bonds is 11. The number of anilines is 2. The Kier molecular flexibility index (Phi) is 8.25. The number of aliphatic carboxylic acids is 2. The van der Waals surface area contributed by atoms with Gasteiger partial charge in [-0.05, 0) is 20.3 Å². The van der Waals surface area contributed by atoms with Crippen LogP contribution in [0.25, 0.3) is 0 Å². The van der Waals surface area contributed by atoms with E-state index in [1.54, 1.807) is 16.4 Å². The van der Waals surface area contributed by atoms with Crippen LogP contribution in [0.15, 0.2) is 22.6 Å². The van der Waals surface area contributed by atoms with Crippen LogP contribution in [0, 0.1) is 0 Å². The third kappa shape index (κ3) is 5.69. The van der Waals surface area contributed by atoms with E-state index in [0.717, 1.165) is 34.8 Å². The predicted molar refractivity (Wildman–Crippen MR) is 147 cm³/mol. The molecule has 4 rings (SSSR count). The first kappa shape index (κ1) is 29.8. The van der Waals surface area contributed by atoms with Crippen LogP contribution in [0.5, 0.6) is 0 Å². The lowest BCUT2D eigenvalue weighted by molar-refractivity contribution is -0.765. The second-order valence-corrected chi connectivity index (χ2v) is 11.7. The number of β-lactam (4-membered cyclic amide) rings is 1. The summed E-state index contributed by atoms with van der Waals surface area (Å²) in [6.45, 7) is 4.70. The molecular formula is C23H30N9O7S2+. The molecule has 0 saturated carbocycles. The Balaban J connectivity index is 1.56. The minimum atomic E-state index is -1.79. The Labute approximate surface area is 242 Å². The van der Waals surface area contributed by atoms with Crippen LogP contribution in [0.1, 0.15) is 38.6 Å². The van der Waals surface area contributed by atoms with Crippen molar-refractivity contribution < 1.29 is 38.9 Å². The summed E-state index contributed by atoms with van der Waals surface area (Å²) in [5.41, 5.74) is 10.9. The summed E-state index contributed by atoms with van der Waals surface area (Å²) in [4.78, 5) is 60.2. The van der Waals surface area contributed by atoms with Gasteiger partial charge in [-0.25, -0.2) is 9.59 Å². The van der Waals surface area contributed by atoms with Crippen molar-refractivity contribution in [1.29, 1.82) is 0 Å². The summed E-state index contributed by atoms with van der Waals surface area (Å²) in [5.74, 6) is -3.52. The highest BCUT2D eigenvalue weighted by Gasteiger charge is 2.55. The van der Waals surface area contributed by atoms with Gasteiger partial charge >= 0.3 is 11.9 Å². The lowest BCUT2D eigenvalue weighted by Gasteiger charge is -2.49. The number of carbonyl (C=O) groups excluding carboxylic acids is 2. The number of carbonyl (C=O) groups is 4. The van der Waals surface area contributed by atoms with E-state index in [0.29, 0.717) is 11.4 Å². The summed E-state index contributed by atoms with van der Waals surface area (Å²) in [6, 6.07) is -1.09. The largest absolute Gasteiger partial charge is 0.478 e. The maximum absolute atomic E-state index is 13.2. The van der Waals surface area contributed by atoms with Crippen molar-refractivity contribution in [1.82, 2.24) is 24.3 Å².